The second-order valence-corrected chi connectivity index (χ2v) is 4.74. The molecule has 1 heterocycles. The number of halogens is 1. The van der Waals surface area contributed by atoms with Gasteiger partial charge in [-0.15, -0.1) is 0 Å². The summed E-state index contributed by atoms with van der Waals surface area (Å²) in [5.74, 6) is 1.03. The molecule has 0 radical (unpaired) electrons. The van der Waals surface area contributed by atoms with Gasteiger partial charge in [-0.2, -0.15) is 0 Å². The van der Waals surface area contributed by atoms with E-state index in [1.807, 2.05) is 6.92 Å². The molecule has 0 saturated heterocycles. The molecule has 19 heavy (non-hydrogen) atoms. The normalized spacial score (nSPS) is 11.7. The zero-order valence-corrected chi connectivity index (χ0v) is 11.9. The minimum atomic E-state index is -0.315. The Balaban J connectivity index is 2.55. The number of aliphatic imine (C=N–C) groups is 1. The van der Waals surface area contributed by atoms with Gasteiger partial charge in [0.05, 0.1) is 12.2 Å². The number of aromatic nitrogens is 1. The first-order valence-corrected chi connectivity index (χ1v) is 6.75. The fraction of sp³-hybridized carbons (Fsp3) is 0.571. The van der Waals surface area contributed by atoms with Gasteiger partial charge < -0.3 is 10.6 Å². The number of nitrogens with zero attached hydrogens (tertiary/aromatic N) is 2. The van der Waals surface area contributed by atoms with Crippen molar-refractivity contribution in [3.63, 3.8) is 0 Å². The van der Waals surface area contributed by atoms with Gasteiger partial charge in [0.15, 0.2) is 5.96 Å². The molecule has 0 spiro atoms. The molecule has 0 aliphatic heterocycles. The van der Waals surface area contributed by atoms with E-state index in [0.29, 0.717) is 17.6 Å². The standard InChI is InChI=1S/C14H23FN4/c1-4-16-14(18-9-7-11(2)3)19-10-13-12(15)6-5-8-17-13/h5-6,8,11H,4,7,9-10H2,1-3H3,(H2,16,18,19). The molecule has 1 rings (SSSR count). The summed E-state index contributed by atoms with van der Waals surface area (Å²) in [6.45, 7) is 8.22. The lowest BCUT2D eigenvalue weighted by atomic mass is 10.1. The van der Waals surface area contributed by atoms with Crippen molar-refractivity contribution in [1.29, 1.82) is 0 Å². The van der Waals surface area contributed by atoms with Gasteiger partial charge in [0, 0.05) is 19.3 Å². The highest BCUT2D eigenvalue weighted by Crippen LogP contribution is 2.03. The Kier molecular flexibility index (Phi) is 6.85. The summed E-state index contributed by atoms with van der Waals surface area (Å²) < 4.78 is 13.4. The van der Waals surface area contributed by atoms with Crippen LogP contribution in [0.2, 0.25) is 0 Å². The average Bonchev–Trinajstić information content (AvgIpc) is 2.37. The van der Waals surface area contributed by atoms with Crippen molar-refractivity contribution in [2.45, 2.75) is 33.7 Å². The van der Waals surface area contributed by atoms with Crippen molar-refractivity contribution < 1.29 is 4.39 Å². The number of hydrogen-bond acceptors (Lipinski definition) is 2. The number of nitrogens with one attached hydrogen (secondary N) is 2. The highest BCUT2D eigenvalue weighted by atomic mass is 19.1. The molecule has 4 nitrogen and oxygen atoms in total. The Morgan fingerprint density at radius 2 is 2.21 bits per heavy atom. The number of rotatable bonds is 6. The van der Waals surface area contributed by atoms with E-state index in [0.717, 1.165) is 19.5 Å². The summed E-state index contributed by atoms with van der Waals surface area (Å²) in [6.07, 6.45) is 2.65. The summed E-state index contributed by atoms with van der Waals surface area (Å²) in [5, 5.41) is 6.37. The van der Waals surface area contributed by atoms with Gasteiger partial charge in [-0.3, -0.25) is 4.98 Å². The van der Waals surface area contributed by atoms with Crippen molar-refractivity contribution >= 4 is 5.96 Å². The molecule has 0 atom stereocenters. The highest BCUT2D eigenvalue weighted by Gasteiger charge is 2.03. The first kappa shape index (κ1) is 15.4. The van der Waals surface area contributed by atoms with E-state index in [4.69, 9.17) is 0 Å². The Morgan fingerprint density at radius 3 is 2.84 bits per heavy atom. The smallest absolute Gasteiger partial charge is 0.191 e. The van der Waals surface area contributed by atoms with E-state index in [2.05, 4.69) is 34.5 Å². The van der Waals surface area contributed by atoms with Crippen LogP contribution in [0, 0.1) is 11.7 Å². The molecule has 0 amide bonds. The summed E-state index contributed by atoms with van der Waals surface area (Å²) in [6, 6.07) is 2.98. The number of pyridine rings is 1. The van der Waals surface area contributed by atoms with Crippen molar-refractivity contribution in [2.75, 3.05) is 13.1 Å². The SMILES string of the molecule is CCNC(=NCc1ncccc1F)NCCC(C)C. The number of guanidine groups is 1. The maximum Gasteiger partial charge on any atom is 0.191 e. The lowest BCUT2D eigenvalue weighted by molar-refractivity contribution is 0.573. The number of hydrogen-bond donors (Lipinski definition) is 2. The predicted octanol–water partition coefficient (Wildman–Crippen LogP) is 2.32. The Bertz CT molecular complexity index is 404. The van der Waals surface area contributed by atoms with Crippen LogP contribution in [0.25, 0.3) is 0 Å². The van der Waals surface area contributed by atoms with Crippen molar-refractivity contribution in [1.82, 2.24) is 15.6 Å². The lowest BCUT2D eigenvalue weighted by Crippen LogP contribution is -2.38. The predicted molar refractivity (Wildman–Crippen MR) is 76.5 cm³/mol. The minimum Gasteiger partial charge on any atom is -0.357 e. The molecule has 0 aliphatic carbocycles. The largest absolute Gasteiger partial charge is 0.357 e. The topological polar surface area (TPSA) is 49.3 Å². The van der Waals surface area contributed by atoms with E-state index in [9.17, 15) is 4.39 Å². The molecule has 1 aromatic heterocycles. The van der Waals surface area contributed by atoms with Crippen LogP contribution in [0.1, 0.15) is 32.9 Å². The maximum absolute atomic E-state index is 13.4. The third-order valence-electron chi connectivity index (χ3n) is 2.58. The molecule has 106 valence electrons. The van der Waals surface area contributed by atoms with Crippen LogP contribution in [-0.4, -0.2) is 24.0 Å². The third kappa shape index (κ3) is 6.18. The molecule has 0 aromatic carbocycles. The molecule has 0 fully saturated rings. The van der Waals surface area contributed by atoms with Gasteiger partial charge in [-0.1, -0.05) is 13.8 Å². The molecule has 0 saturated carbocycles. The summed E-state index contributed by atoms with van der Waals surface area (Å²) in [7, 11) is 0. The average molecular weight is 266 g/mol. The zero-order chi connectivity index (χ0) is 14.1. The first-order chi connectivity index (χ1) is 9.13. The van der Waals surface area contributed by atoms with Crippen LogP contribution < -0.4 is 10.6 Å². The fourth-order valence-electron chi connectivity index (χ4n) is 1.51. The van der Waals surface area contributed by atoms with Gasteiger partial charge in [-0.05, 0) is 31.4 Å². The Morgan fingerprint density at radius 1 is 1.42 bits per heavy atom. The second-order valence-electron chi connectivity index (χ2n) is 4.74. The van der Waals surface area contributed by atoms with Crippen LogP contribution in [0.15, 0.2) is 23.3 Å². The summed E-state index contributed by atoms with van der Waals surface area (Å²) in [4.78, 5) is 8.31. The molecular formula is C14H23FN4. The van der Waals surface area contributed by atoms with Crippen LogP contribution >= 0.6 is 0 Å². The van der Waals surface area contributed by atoms with E-state index in [1.54, 1.807) is 12.3 Å². The van der Waals surface area contributed by atoms with Gasteiger partial charge in [0.2, 0.25) is 0 Å². The van der Waals surface area contributed by atoms with Gasteiger partial charge in [0.25, 0.3) is 0 Å². The molecule has 5 heteroatoms. The van der Waals surface area contributed by atoms with Crippen molar-refractivity contribution in [2.24, 2.45) is 10.9 Å². The monoisotopic (exact) mass is 266 g/mol. The zero-order valence-electron chi connectivity index (χ0n) is 11.9. The molecular weight excluding hydrogens is 243 g/mol. The first-order valence-electron chi connectivity index (χ1n) is 6.75. The van der Waals surface area contributed by atoms with E-state index in [1.165, 1.54) is 6.07 Å². The fourth-order valence-corrected chi connectivity index (χ4v) is 1.51. The molecule has 0 bridgehead atoms. The molecule has 1 aromatic rings. The van der Waals surface area contributed by atoms with Crippen LogP contribution in [0.3, 0.4) is 0 Å². The molecule has 2 N–H and O–H groups in total. The Labute approximate surface area is 114 Å². The van der Waals surface area contributed by atoms with E-state index >= 15 is 0 Å². The van der Waals surface area contributed by atoms with Crippen LogP contribution in [0.4, 0.5) is 4.39 Å². The van der Waals surface area contributed by atoms with Gasteiger partial charge >= 0.3 is 0 Å². The molecule has 0 aliphatic rings. The van der Waals surface area contributed by atoms with Gasteiger partial charge in [0.1, 0.15) is 5.82 Å². The maximum atomic E-state index is 13.4. The van der Waals surface area contributed by atoms with E-state index < -0.39 is 0 Å². The molecule has 0 unspecified atom stereocenters. The summed E-state index contributed by atoms with van der Waals surface area (Å²) in [5.41, 5.74) is 0.364. The minimum absolute atomic E-state index is 0.240. The quantitative estimate of drug-likeness (QED) is 0.613. The second kappa shape index (κ2) is 8.45. The lowest BCUT2D eigenvalue weighted by Gasteiger charge is -2.12. The Hall–Kier alpha value is -1.65. The highest BCUT2D eigenvalue weighted by molar-refractivity contribution is 5.79. The van der Waals surface area contributed by atoms with Crippen LogP contribution in [0.5, 0.6) is 0 Å². The van der Waals surface area contributed by atoms with Gasteiger partial charge in [-0.25, -0.2) is 9.38 Å². The third-order valence-corrected chi connectivity index (χ3v) is 2.58. The van der Waals surface area contributed by atoms with Crippen molar-refractivity contribution in [3.8, 4) is 0 Å². The van der Waals surface area contributed by atoms with E-state index in [-0.39, 0.29) is 12.4 Å². The van der Waals surface area contributed by atoms with Crippen LogP contribution in [-0.2, 0) is 6.54 Å². The van der Waals surface area contributed by atoms with Crippen molar-refractivity contribution in [3.05, 3.63) is 29.8 Å². The summed E-state index contributed by atoms with van der Waals surface area (Å²) >= 11 is 0.